The number of methoxy groups -OCH3 is 1. The molecule has 1 amide bonds. The number of aliphatic hydroxyl groups is 7. The molecule has 0 radical (unpaired) electrons. The summed E-state index contributed by atoms with van der Waals surface area (Å²) in [5.74, 6) is -7.53. The monoisotopic (exact) mass is 1220 g/mol. The van der Waals surface area contributed by atoms with Crippen LogP contribution >= 0.6 is 0 Å². The minimum Gasteiger partial charge on any atom is -0.462 e. The van der Waals surface area contributed by atoms with E-state index in [1.807, 2.05) is 85.8 Å². The van der Waals surface area contributed by atoms with Crippen LogP contribution in [-0.2, 0) is 52.3 Å². The Balaban J connectivity index is 1.66. The summed E-state index contributed by atoms with van der Waals surface area (Å²) < 4.78 is 49.9. The van der Waals surface area contributed by atoms with Crippen molar-refractivity contribution in [1.29, 1.82) is 0 Å². The van der Waals surface area contributed by atoms with Gasteiger partial charge in [-0.2, -0.15) is 0 Å². The summed E-state index contributed by atoms with van der Waals surface area (Å²) in [6.45, 7) is 22.1. The van der Waals surface area contributed by atoms with Gasteiger partial charge in [0.25, 0.3) is 0 Å². The minimum atomic E-state index is -1.32. The second kappa shape index (κ2) is 36.5. The average Bonchev–Trinajstić information content (AvgIpc) is 1.20. The smallest absolute Gasteiger partial charge is 0.331 e. The molecule has 0 saturated carbocycles. The van der Waals surface area contributed by atoms with Crippen molar-refractivity contribution in [1.82, 2.24) is 0 Å². The second-order valence-corrected chi connectivity index (χ2v) is 24.2. The molecular formula is C65H105N3O18. The molecule has 0 aromatic heterocycles. The Kier molecular flexibility index (Phi) is 31.5. The fraction of sp³-hybridized carbons (Fsp3) is 0.769. The average molecular weight is 1220 g/mol. The van der Waals surface area contributed by atoms with Gasteiger partial charge in [0.1, 0.15) is 18.3 Å². The predicted octanol–water partition coefficient (Wildman–Crippen LogP) is 8.71. The molecule has 0 aliphatic carbocycles. The zero-order valence-corrected chi connectivity index (χ0v) is 53.2. The molecule has 4 aliphatic rings. The zero-order valence-electron chi connectivity index (χ0n) is 53.2. The van der Waals surface area contributed by atoms with Gasteiger partial charge in [-0.05, 0) is 113 Å². The lowest BCUT2D eigenvalue weighted by molar-refractivity contribution is -0.337. The fourth-order valence-corrected chi connectivity index (χ4v) is 12.7. The van der Waals surface area contributed by atoms with E-state index in [1.54, 1.807) is 53.0 Å². The summed E-state index contributed by atoms with van der Waals surface area (Å²) in [6.07, 6.45) is 7.09. The van der Waals surface area contributed by atoms with E-state index >= 15 is 0 Å². The first-order valence-corrected chi connectivity index (χ1v) is 31.5. The van der Waals surface area contributed by atoms with Crippen LogP contribution in [0.15, 0.2) is 77.0 Å². The van der Waals surface area contributed by atoms with E-state index in [-0.39, 0.29) is 63.1 Å². The van der Waals surface area contributed by atoms with Crippen molar-refractivity contribution in [3.05, 3.63) is 82.3 Å². The molecule has 24 unspecified atom stereocenters. The normalized spacial score (nSPS) is 37.5. The lowest BCUT2D eigenvalue weighted by Crippen LogP contribution is -2.56. The molecule has 3 saturated heterocycles. The highest BCUT2D eigenvalue weighted by atomic mass is 16.7. The molecular weight excluding hydrogens is 1110 g/mol. The van der Waals surface area contributed by atoms with Crippen LogP contribution in [0.4, 0.5) is 0 Å². The Bertz CT molecular complexity index is 2310. The molecule has 0 spiro atoms. The number of cyclic esters (lactones) is 2. The van der Waals surface area contributed by atoms with Gasteiger partial charge >= 0.3 is 11.9 Å². The van der Waals surface area contributed by atoms with Crippen molar-refractivity contribution >= 4 is 17.8 Å². The Hall–Kier alpha value is -4.16. The van der Waals surface area contributed by atoms with E-state index in [4.69, 9.17) is 37.9 Å². The highest BCUT2D eigenvalue weighted by Crippen LogP contribution is 2.43. The van der Waals surface area contributed by atoms with Crippen LogP contribution in [0.2, 0.25) is 0 Å². The number of rotatable bonds is 24. The third kappa shape index (κ3) is 21.5. The van der Waals surface area contributed by atoms with Crippen LogP contribution in [0.1, 0.15) is 160 Å². The van der Waals surface area contributed by atoms with Crippen LogP contribution < -0.4 is 0 Å². The van der Waals surface area contributed by atoms with Crippen molar-refractivity contribution in [3.8, 4) is 0 Å². The van der Waals surface area contributed by atoms with E-state index in [2.05, 4.69) is 10.0 Å². The first kappa shape index (κ1) is 74.3. The van der Waals surface area contributed by atoms with Gasteiger partial charge in [0.2, 0.25) is 5.91 Å². The Labute approximate surface area is 510 Å². The molecule has 4 rings (SSSR count). The molecule has 7 N–H and O–H groups in total. The molecule has 0 aromatic carbocycles. The summed E-state index contributed by atoms with van der Waals surface area (Å²) in [5, 5.41) is 80.6. The van der Waals surface area contributed by atoms with Gasteiger partial charge in [0.05, 0.1) is 67.6 Å². The molecule has 4 heterocycles. The highest BCUT2D eigenvalue weighted by Gasteiger charge is 2.50. The number of allylic oxidation sites excluding steroid dienone is 9. The van der Waals surface area contributed by atoms with E-state index in [9.17, 15) is 55.7 Å². The summed E-state index contributed by atoms with van der Waals surface area (Å²) >= 11 is 0. The number of hydrogen-bond donors (Lipinski definition) is 7. The first-order valence-electron chi connectivity index (χ1n) is 31.5. The van der Waals surface area contributed by atoms with Gasteiger partial charge < -0.3 is 73.6 Å². The number of esters is 2. The number of carbonyl (C=O) groups is 3. The van der Waals surface area contributed by atoms with Crippen molar-refractivity contribution in [2.45, 2.75) is 258 Å². The molecule has 21 heteroatoms. The standard InChI is InChI=1S/C65H105N3O18/c1-14-43-23-21-25-46(17-4)63(38(8)51(70)30-47(64(78)67-68-66)31-55(48(18-5)39(9)69)83-59-32-52(71)61(76)41(11)81-59)85-58(75)29-27-44(15-2)22-20-24-45(16-3)50(36-80-57(74)28-26-43)37(7)54(73)34-65(79-13)35-56(49(19-6)40(10)86-65)84-60-33-53(72)62(77)42(12)82-60/h20-29,37-42,45-56,59-63,69-73,76-77H,14-19,30-36H2,1-13H3/b24-20+,25-21+,28-26+,29-27+,43-23+,44-22+. The van der Waals surface area contributed by atoms with Crippen LogP contribution in [0, 0.1) is 47.3 Å². The van der Waals surface area contributed by atoms with Crippen molar-refractivity contribution < 1.29 is 88.0 Å². The van der Waals surface area contributed by atoms with E-state index in [1.165, 1.54) is 12.2 Å². The first-order chi connectivity index (χ1) is 40.8. The molecule has 24 atom stereocenters. The van der Waals surface area contributed by atoms with Crippen LogP contribution in [0.25, 0.3) is 10.4 Å². The van der Waals surface area contributed by atoms with Gasteiger partial charge in [0, 0.05) is 85.4 Å². The molecule has 0 bridgehead atoms. The number of ether oxygens (including phenoxy) is 8. The summed E-state index contributed by atoms with van der Waals surface area (Å²) in [6, 6.07) is 0. The van der Waals surface area contributed by atoms with E-state index < -0.39 is 145 Å². The predicted molar refractivity (Wildman–Crippen MR) is 323 cm³/mol. The maximum Gasteiger partial charge on any atom is 0.331 e. The van der Waals surface area contributed by atoms with Gasteiger partial charge in [-0.1, -0.05) is 104 Å². The van der Waals surface area contributed by atoms with Gasteiger partial charge in [-0.3, -0.25) is 4.79 Å². The number of aliphatic hydroxyl groups excluding tert-OH is 7. The Morgan fingerprint density at radius 1 is 0.756 bits per heavy atom. The quantitative estimate of drug-likeness (QED) is 0.0206. The molecule has 488 valence electrons. The van der Waals surface area contributed by atoms with Crippen LogP contribution in [0.3, 0.4) is 0 Å². The summed E-state index contributed by atoms with van der Waals surface area (Å²) in [7, 11) is 1.54. The third-order valence-electron chi connectivity index (χ3n) is 18.5. The molecule has 86 heavy (non-hydrogen) atoms. The van der Waals surface area contributed by atoms with E-state index in [0.717, 1.165) is 17.6 Å². The Morgan fingerprint density at radius 3 is 1.85 bits per heavy atom. The highest BCUT2D eigenvalue weighted by molar-refractivity contribution is 5.83. The SMILES string of the molecule is CCC1=C\C=C\C(CC)C(C(C)C(O)CC(CC(OC2CC(O)C(O)C(C)O2)C(CC)C(C)O)C(=O)N=[N+]=[N-])OC(=O)/C=C/C(CC)=C/C=C/C(CC)C(C(C)C(O)CC2(OC)CC(OC3CC(O)C(O)C(C)O3)C(CC)C(C)O2)COC(=O)\C=C\1. The Morgan fingerprint density at radius 2 is 1.33 bits per heavy atom. The van der Waals surface area contributed by atoms with E-state index in [0.29, 0.717) is 32.1 Å². The van der Waals surface area contributed by atoms with Gasteiger partial charge in [0.15, 0.2) is 18.4 Å². The van der Waals surface area contributed by atoms with Crippen molar-refractivity contribution in [3.63, 3.8) is 0 Å². The van der Waals surface area contributed by atoms with Crippen molar-refractivity contribution in [2.75, 3.05) is 13.7 Å². The fourth-order valence-electron chi connectivity index (χ4n) is 12.7. The number of amides is 1. The minimum absolute atomic E-state index is 0.0250. The lowest BCUT2D eigenvalue weighted by atomic mass is 9.76. The number of hydrogen-bond acceptors (Lipinski definition) is 18. The number of carbonyl (C=O) groups excluding carboxylic acids is 3. The number of nitrogens with zero attached hydrogens (tertiary/aromatic N) is 3. The lowest BCUT2D eigenvalue weighted by Gasteiger charge is -2.49. The summed E-state index contributed by atoms with van der Waals surface area (Å²) in [5.41, 5.74) is 11.0. The van der Waals surface area contributed by atoms with Crippen molar-refractivity contribution in [2.24, 2.45) is 52.5 Å². The topological polar surface area (TPSA) is 315 Å². The largest absolute Gasteiger partial charge is 0.462 e. The maximum absolute atomic E-state index is 14.0. The molecule has 21 nitrogen and oxygen atoms in total. The van der Waals surface area contributed by atoms with Crippen LogP contribution in [-0.4, -0.2) is 165 Å². The summed E-state index contributed by atoms with van der Waals surface area (Å²) in [4.78, 5) is 44.1. The third-order valence-corrected chi connectivity index (χ3v) is 18.5. The molecule has 0 aromatic rings. The zero-order chi connectivity index (χ0) is 64.0. The van der Waals surface area contributed by atoms with Gasteiger partial charge in [-0.15, -0.1) is 0 Å². The maximum atomic E-state index is 14.0. The van der Waals surface area contributed by atoms with Crippen LogP contribution in [0.5, 0.6) is 0 Å². The molecule has 3 fully saturated rings. The second-order valence-electron chi connectivity index (χ2n) is 24.2. The number of azide groups is 1. The molecule has 4 aliphatic heterocycles. The van der Waals surface area contributed by atoms with Gasteiger partial charge in [-0.25, -0.2) is 9.59 Å².